The van der Waals surface area contributed by atoms with Crippen LogP contribution in [0.5, 0.6) is 0 Å². The Morgan fingerprint density at radius 3 is 2.48 bits per heavy atom. The number of benzene rings is 1. The van der Waals surface area contributed by atoms with Crippen LogP contribution >= 0.6 is 0 Å². The van der Waals surface area contributed by atoms with Crippen molar-refractivity contribution in [2.45, 2.75) is 46.4 Å². The molecule has 0 aliphatic rings. The molecule has 0 bridgehead atoms. The second kappa shape index (κ2) is 9.74. The van der Waals surface area contributed by atoms with Crippen LogP contribution in [0.15, 0.2) is 46.2 Å². The van der Waals surface area contributed by atoms with Gasteiger partial charge >= 0.3 is 5.69 Å². The van der Waals surface area contributed by atoms with Crippen LogP contribution in [0.3, 0.4) is 0 Å². The fourth-order valence-corrected chi connectivity index (χ4v) is 3.26. The maximum absolute atomic E-state index is 13.3. The van der Waals surface area contributed by atoms with Gasteiger partial charge in [0.15, 0.2) is 11.2 Å². The molecule has 1 atom stereocenters. The van der Waals surface area contributed by atoms with E-state index >= 15 is 0 Å². The molecule has 0 aliphatic carbocycles. The summed E-state index contributed by atoms with van der Waals surface area (Å²) in [5.41, 5.74) is 0.357. The smallest absolute Gasteiger partial charge is 0.333 e. The average Bonchev–Trinajstić information content (AvgIpc) is 3.17. The SMILES string of the molecule is COCCn1cnc2c1c(=O)n(CC(=O)N[C@H](C)C(C)C)c(=O)n2Cc1ccccc1. The van der Waals surface area contributed by atoms with E-state index < -0.39 is 11.2 Å². The predicted molar refractivity (Wildman–Crippen MR) is 118 cm³/mol. The van der Waals surface area contributed by atoms with Crippen LogP contribution in [-0.2, 0) is 29.2 Å². The third kappa shape index (κ3) is 4.93. The zero-order chi connectivity index (χ0) is 22.5. The van der Waals surface area contributed by atoms with Gasteiger partial charge in [-0.3, -0.25) is 14.2 Å². The van der Waals surface area contributed by atoms with Crippen LogP contribution in [0.1, 0.15) is 26.3 Å². The monoisotopic (exact) mass is 427 g/mol. The second-order valence-electron chi connectivity index (χ2n) is 7.95. The average molecular weight is 428 g/mol. The minimum atomic E-state index is -0.564. The van der Waals surface area contributed by atoms with Gasteiger partial charge in [0.1, 0.15) is 6.54 Å². The first kappa shape index (κ1) is 22.5. The fraction of sp³-hybridized carbons (Fsp3) is 0.455. The topological polar surface area (TPSA) is 100 Å². The molecule has 1 N–H and O–H groups in total. The van der Waals surface area contributed by atoms with E-state index in [1.54, 1.807) is 11.7 Å². The Morgan fingerprint density at radius 2 is 1.84 bits per heavy atom. The van der Waals surface area contributed by atoms with Gasteiger partial charge in [-0.05, 0) is 18.4 Å². The highest BCUT2D eigenvalue weighted by molar-refractivity contribution is 5.77. The van der Waals surface area contributed by atoms with E-state index in [-0.39, 0.29) is 36.5 Å². The van der Waals surface area contributed by atoms with E-state index in [4.69, 9.17) is 4.74 Å². The Morgan fingerprint density at radius 1 is 1.13 bits per heavy atom. The lowest BCUT2D eigenvalue weighted by Gasteiger charge is -2.18. The predicted octanol–water partition coefficient (Wildman–Crippen LogP) is 1.22. The van der Waals surface area contributed by atoms with E-state index in [1.165, 1.54) is 10.9 Å². The number of fused-ring (bicyclic) bond motifs is 1. The minimum Gasteiger partial charge on any atom is -0.383 e. The lowest BCUT2D eigenvalue weighted by atomic mass is 10.1. The van der Waals surface area contributed by atoms with Crippen molar-refractivity contribution in [1.29, 1.82) is 0 Å². The normalized spacial score (nSPS) is 12.4. The standard InChI is InChI=1S/C22H29N5O4/c1-15(2)16(3)24-18(28)13-27-21(29)19-20(23-14-25(19)10-11-31-4)26(22(27)30)12-17-8-6-5-7-9-17/h5-9,14-16H,10-13H2,1-4H3,(H,24,28)/t16-/m1/s1. The molecule has 9 nitrogen and oxygen atoms in total. The summed E-state index contributed by atoms with van der Waals surface area (Å²) in [4.78, 5) is 43.4. The Bertz CT molecular complexity index is 1160. The molecular formula is C22H29N5O4. The molecule has 1 aromatic carbocycles. The molecule has 31 heavy (non-hydrogen) atoms. The molecule has 0 saturated carbocycles. The molecular weight excluding hydrogens is 398 g/mol. The van der Waals surface area contributed by atoms with Gasteiger partial charge in [0.2, 0.25) is 5.91 Å². The van der Waals surface area contributed by atoms with Crippen molar-refractivity contribution in [3.8, 4) is 0 Å². The number of aromatic nitrogens is 4. The number of hydrogen-bond donors (Lipinski definition) is 1. The molecule has 0 aliphatic heterocycles. The summed E-state index contributed by atoms with van der Waals surface area (Å²) in [5.74, 6) is -0.151. The van der Waals surface area contributed by atoms with E-state index in [0.29, 0.717) is 18.8 Å². The molecule has 0 fully saturated rings. The fourth-order valence-electron chi connectivity index (χ4n) is 3.26. The first-order valence-electron chi connectivity index (χ1n) is 10.3. The van der Waals surface area contributed by atoms with Gasteiger partial charge in [-0.25, -0.2) is 14.3 Å². The van der Waals surface area contributed by atoms with Crippen molar-refractivity contribution in [3.63, 3.8) is 0 Å². The zero-order valence-electron chi connectivity index (χ0n) is 18.4. The first-order chi connectivity index (χ1) is 14.8. The summed E-state index contributed by atoms with van der Waals surface area (Å²) in [6, 6.07) is 9.37. The van der Waals surface area contributed by atoms with Gasteiger partial charge < -0.3 is 14.6 Å². The first-order valence-corrected chi connectivity index (χ1v) is 10.3. The molecule has 0 radical (unpaired) electrons. The number of rotatable bonds is 9. The molecule has 1 amide bonds. The number of ether oxygens (including phenoxy) is 1. The van der Waals surface area contributed by atoms with Gasteiger partial charge in [-0.15, -0.1) is 0 Å². The van der Waals surface area contributed by atoms with Crippen molar-refractivity contribution in [3.05, 3.63) is 63.1 Å². The highest BCUT2D eigenvalue weighted by Crippen LogP contribution is 2.10. The van der Waals surface area contributed by atoms with Gasteiger partial charge in [0.25, 0.3) is 5.56 Å². The van der Waals surface area contributed by atoms with E-state index in [9.17, 15) is 14.4 Å². The van der Waals surface area contributed by atoms with Crippen LogP contribution in [0, 0.1) is 5.92 Å². The second-order valence-corrected chi connectivity index (χ2v) is 7.95. The van der Waals surface area contributed by atoms with Gasteiger partial charge in [0, 0.05) is 19.7 Å². The quantitative estimate of drug-likeness (QED) is 0.553. The molecule has 9 heteroatoms. The van der Waals surface area contributed by atoms with Crippen molar-refractivity contribution >= 4 is 17.1 Å². The third-order valence-corrected chi connectivity index (χ3v) is 5.39. The van der Waals surface area contributed by atoms with Crippen LogP contribution in [0.2, 0.25) is 0 Å². The molecule has 0 unspecified atom stereocenters. The summed E-state index contributed by atoms with van der Waals surface area (Å²) >= 11 is 0. The Balaban J connectivity index is 2.11. The largest absolute Gasteiger partial charge is 0.383 e. The van der Waals surface area contributed by atoms with E-state index in [1.807, 2.05) is 51.1 Å². The molecule has 166 valence electrons. The summed E-state index contributed by atoms with van der Waals surface area (Å²) in [7, 11) is 1.57. The lowest BCUT2D eigenvalue weighted by molar-refractivity contribution is -0.122. The van der Waals surface area contributed by atoms with Gasteiger partial charge in [-0.2, -0.15) is 0 Å². The van der Waals surface area contributed by atoms with Crippen LogP contribution < -0.4 is 16.6 Å². The third-order valence-electron chi connectivity index (χ3n) is 5.39. The Hall–Kier alpha value is -3.20. The number of nitrogens with one attached hydrogen (secondary N) is 1. The number of carbonyl (C=O) groups is 1. The van der Waals surface area contributed by atoms with Crippen LogP contribution in [0.25, 0.3) is 11.2 Å². The molecule has 2 heterocycles. The van der Waals surface area contributed by atoms with Crippen LogP contribution in [-0.4, -0.2) is 44.4 Å². The molecule has 0 saturated heterocycles. The molecule has 3 rings (SSSR count). The summed E-state index contributed by atoms with van der Waals surface area (Å²) in [6.07, 6.45) is 1.53. The summed E-state index contributed by atoms with van der Waals surface area (Å²) < 4.78 is 9.21. The molecule has 2 aromatic heterocycles. The Labute approximate surface area is 180 Å². The lowest BCUT2D eigenvalue weighted by Crippen LogP contribution is -2.46. The number of nitrogens with zero attached hydrogens (tertiary/aromatic N) is 4. The minimum absolute atomic E-state index is 0.0780. The number of imidazole rings is 1. The molecule has 3 aromatic rings. The highest BCUT2D eigenvalue weighted by atomic mass is 16.5. The van der Waals surface area contributed by atoms with Crippen molar-refractivity contribution in [2.24, 2.45) is 5.92 Å². The van der Waals surface area contributed by atoms with Gasteiger partial charge in [0.05, 0.1) is 19.5 Å². The zero-order valence-corrected chi connectivity index (χ0v) is 18.4. The van der Waals surface area contributed by atoms with Crippen LogP contribution in [0.4, 0.5) is 0 Å². The van der Waals surface area contributed by atoms with E-state index in [2.05, 4.69) is 10.3 Å². The van der Waals surface area contributed by atoms with Gasteiger partial charge in [-0.1, -0.05) is 44.2 Å². The molecule has 0 spiro atoms. The highest BCUT2D eigenvalue weighted by Gasteiger charge is 2.20. The van der Waals surface area contributed by atoms with Crippen molar-refractivity contribution < 1.29 is 9.53 Å². The van der Waals surface area contributed by atoms with E-state index in [0.717, 1.165) is 10.1 Å². The number of methoxy groups -OCH3 is 1. The Kier molecular flexibility index (Phi) is 7.06. The number of carbonyl (C=O) groups excluding carboxylic acids is 1. The van der Waals surface area contributed by atoms with Crippen molar-refractivity contribution in [1.82, 2.24) is 24.0 Å². The summed E-state index contributed by atoms with van der Waals surface area (Å²) in [6.45, 7) is 6.55. The van der Waals surface area contributed by atoms with Crippen molar-refractivity contribution in [2.75, 3.05) is 13.7 Å². The maximum atomic E-state index is 13.3. The number of hydrogen-bond acceptors (Lipinski definition) is 5. The number of amides is 1. The summed E-state index contributed by atoms with van der Waals surface area (Å²) in [5, 5.41) is 2.85. The maximum Gasteiger partial charge on any atom is 0.333 e.